The van der Waals surface area contributed by atoms with Crippen LogP contribution >= 0.6 is 0 Å². The summed E-state index contributed by atoms with van der Waals surface area (Å²) in [5.74, 6) is -0.00601. The fourth-order valence-electron chi connectivity index (χ4n) is 1.32. The van der Waals surface area contributed by atoms with Crippen molar-refractivity contribution >= 4 is 14.3 Å². The molecule has 0 amide bonds. The quantitative estimate of drug-likeness (QED) is 0.854. The van der Waals surface area contributed by atoms with Crippen molar-refractivity contribution in [1.29, 1.82) is 0 Å². The summed E-state index contributed by atoms with van der Waals surface area (Å²) in [6.07, 6.45) is 0. The van der Waals surface area contributed by atoms with Gasteiger partial charge in [0.2, 0.25) is 0 Å². The van der Waals surface area contributed by atoms with E-state index in [9.17, 15) is 9.90 Å². The summed E-state index contributed by atoms with van der Waals surface area (Å²) in [6, 6.07) is 4.79. The minimum Gasteiger partial charge on any atom is -0.543 e. The molecule has 0 radical (unpaired) electrons. The Bertz CT molecular complexity index is 475. The van der Waals surface area contributed by atoms with E-state index in [0.717, 1.165) is 0 Å². The van der Waals surface area contributed by atoms with Crippen LogP contribution in [0.5, 0.6) is 11.5 Å². The van der Waals surface area contributed by atoms with Gasteiger partial charge >= 0.3 is 5.97 Å². The van der Waals surface area contributed by atoms with Crippen molar-refractivity contribution in [3.05, 3.63) is 23.8 Å². The van der Waals surface area contributed by atoms with Gasteiger partial charge in [-0.2, -0.15) is 0 Å². The number of carboxylic acid groups (broad SMARTS) is 1. The lowest BCUT2D eigenvalue weighted by Crippen LogP contribution is -2.44. The van der Waals surface area contributed by atoms with Gasteiger partial charge in [-0.15, -0.1) is 0 Å². The summed E-state index contributed by atoms with van der Waals surface area (Å²) < 4.78 is 11.2. The van der Waals surface area contributed by atoms with Crippen molar-refractivity contribution in [1.82, 2.24) is 0 Å². The van der Waals surface area contributed by atoms with Gasteiger partial charge in [-0.1, -0.05) is 20.8 Å². The largest absolute Gasteiger partial charge is 0.543 e. The van der Waals surface area contributed by atoms with E-state index in [0.29, 0.717) is 11.5 Å². The van der Waals surface area contributed by atoms with Crippen molar-refractivity contribution in [2.75, 3.05) is 7.11 Å². The molecule has 4 nitrogen and oxygen atoms in total. The topological polar surface area (TPSA) is 55.8 Å². The molecular weight excluding hydrogens is 260 g/mol. The maximum atomic E-state index is 11.3. The van der Waals surface area contributed by atoms with E-state index in [1.54, 1.807) is 19.2 Å². The molecule has 0 aliphatic rings. The maximum Gasteiger partial charge on any atom is 0.339 e. The van der Waals surface area contributed by atoms with Crippen LogP contribution in [-0.2, 0) is 0 Å². The van der Waals surface area contributed by atoms with Gasteiger partial charge in [0.1, 0.15) is 17.1 Å². The van der Waals surface area contributed by atoms with E-state index in [1.165, 1.54) is 6.07 Å². The molecule has 0 aromatic heterocycles. The highest BCUT2D eigenvalue weighted by molar-refractivity contribution is 6.74. The first-order chi connectivity index (χ1) is 8.58. The molecule has 0 fully saturated rings. The molecule has 0 bridgehead atoms. The normalized spacial score (nSPS) is 12.1. The van der Waals surface area contributed by atoms with Crippen LogP contribution in [0, 0.1) is 0 Å². The van der Waals surface area contributed by atoms with E-state index in [2.05, 4.69) is 33.9 Å². The highest BCUT2D eigenvalue weighted by Crippen LogP contribution is 2.39. The summed E-state index contributed by atoms with van der Waals surface area (Å²) in [4.78, 5) is 11.3. The molecule has 0 saturated heterocycles. The minimum atomic E-state index is -2.08. The van der Waals surface area contributed by atoms with Crippen molar-refractivity contribution in [2.24, 2.45) is 0 Å². The van der Waals surface area contributed by atoms with E-state index in [1.807, 2.05) is 0 Å². The number of ether oxygens (including phenoxy) is 1. The monoisotopic (exact) mass is 282 g/mol. The zero-order chi connectivity index (χ0) is 14.8. The third-order valence-electron chi connectivity index (χ3n) is 3.59. The van der Waals surface area contributed by atoms with E-state index >= 15 is 0 Å². The van der Waals surface area contributed by atoms with Gasteiger partial charge in [0, 0.05) is 6.07 Å². The number of aromatic carboxylic acids is 1. The molecule has 0 spiro atoms. The van der Waals surface area contributed by atoms with Crippen molar-refractivity contribution < 1.29 is 19.1 Å². The van der Waals surface area contributed by atoms with E-state index < -0.39 is 14.3 Å². The van der Waals surface area contributed by atoms with Gasteiger partial charge < -0.3 is 14.3 Å². The van der Waals surface area contributed by atoms with Crippen molar-refractivity contribution in [3.63, 3.8) is 0 Å². The maximum absolute atomic E-state index is 11.3. The summed E-state index contributed by atoms with van der Waals surface area (Å²) >= 11 is 0. The molecule has 0 unspecified atom stereocenters. The number of rotatable bonds is 4. The average Bonchev–Trinajstić information content (AvgIpc) is 2.26. The Balaban J connectivity index is 3.21. The molecule has 1 aromatic rings. The summed E-state index contributed by atoms with van der Waals surface area (Å²) in [5.41, 5.74) is 0.172. The highest BCUT2D eigenvalue weighted by Gasteiger charge is 2.39. The zero-order valence-corrected chi connectivity index (χ0v) is 13.4. The Kier molecular flexibility index (Phi) is 4.30. The Morgan fingerprint density at radius 2 is 1.84 bits per heavy atom. The van der Waals surface area contributed by atoms with E-state index in [-0.39, 0.29) is 10.6 Å². The van der Waals surface area contributed by atoms with Gasteiger partial charge in [0.15, 0.2) is 0 Å². The molecule has 0 aliphatic carbocycles. The van der Waals surface area contributed by atoms with Gasteiger partial charge in [0.05, 0.1) is 7.11 Å². The number of carbonyl (C=O) groups is 1. The molecule has 0 aliphatic heterocycles. The molecule has 0 atom stereocenters. The first kappa shape index (κ1) is 15.6. The molecule has 5 heteroatoms. The smallest absolute Gasteiger partial charge is 0.339 e. The van der Waals surface area contributed by atoms with E-state index in [4.69, 9.17) is 9.16 Å². The third kappa shape index (κ3) is 3.50. The number of hydrogen-bond donors (Lipinski definition) is 1. The zero-order valence-electron chi connectivity index (χ0n) is 12.4. The lowest BCUT2D eigenvalue weighted by atomic mass is 10.2. The summed E-state index contributed by atoms with van der Waals surface area (Å²) in [6.45, 7) is 10.5. The molecule has 106 valence electrons. The van der Waals surface area contributed by atoms with Crippen LogP contribution in [0.4, 0.5) is 0 Å². The average molecular weight is 282 g/mol. The molecule has 0 heterocycles. The molecule has 1 aromatic carbocycles. The first-order valence-electron chi connectivity index (χ1n) is 6.19. The van der Waals surface area contributed by atoms with Crippen LogP contribution in [0.1, 0.15) is 31.1 Å². The molecule has 1 N–H and O–H groups in total. The summed E-state index contributed by atoms with van der Waals surface area (Å²) in [5, 5.41) is 9.23. The number of methoxy groups -OCH3 is 1. The number of carboxylic acids is 1. The fourth-order valence-corrected chi connectivity index (χ4v) is 2.34. The SMILES string of the molecule is COc1ccc(C(=O)O)c(O[Si](C)(C)C(C)(C)C)c1. The van der Waals surface area contributed by atoms with Gasteiger partial charge in [0.25, 0.3) is 8.32 Å². The van der Waals surface area contributed by atoms with Crippen molar-refractivity contribution in [2.45, 2.75) is 38.9 Å². The molecule has 19 heavy (non-hydrogen) atoms. The molecule has 0 saturated carbocycles. The Morgan fingerprint density at radius 1 is 1.26 bits per heavy atom. The lowest BCUT2D eigenvalue weighted by molar-refractivity contribution is 0.0694. The number of benzene rings is 1. The second-order valence-corrected chi connectivity index (χ2v) is 10.8. The lowest BCUT2D eigenvalue weighted by Gasteiger charge is -2.36. The molecule has 1 rings (SSSR count). The predicted molar refractivity (Wildman–Crippen MR) is 77.8 cm³/mol. The Labute approximate surface area is 115 Å². The predicted octanol–water partition coefficient (Wildman–Crippen LogP) is 3.78. The second-order valence-electron chi connectivity index (χ2n) is 6.03. The van der Waals surface area contributed by atoms with Gasteiger partial charge in [-0.05, 0) is 30.3 Å². The van der Waals surface area contributed by atoms with Crippen LogP contribution < -0.4 is 9.16 Å². The third-order valence-corrected chi connectivity index (χ3v) is 7.93. The van der Waals surface area contributed by atoms with Crippen LogP contribution in [-0.4, -0.2) is 26.5 Å². The highest BCUT2D eigenvalue weighted by atomic mass is 28.4. The fraction of sp³-hybridized carbons (Fsp3) is 0.500. The minimum absolute atomic E-state index is 0.00580. The second kappa shape index (κ2) is 5.25. The van der Waals surface area contributed by atoms with Gasteiger partial charge in [-0.3, -0.25) is 0 Å². The summed E-state index contributed by atoms with van der Waals surface area (Å²) in [7, 11) is -0.530. The van der Waals surface area contributed by atoms with Crippen LogP contribution in [0.15, 0.2) is 18.2 Å². The van der Waals surface area contributed by atoms with Gasteiger partial charge in [-0.25, -0.2) is 4.79 Å². The Morgan fingerprint density at radius 3 is 2.26 bits per heavy atom. The first-order valence-corrected chi connectivity index (χ1v) is 9.09. The van der Waals surface area contributed by atoms with Crippen molar-refractivity contribution in [3.8, 4) is 11.5 Å². The van der Waals surface area contributed by atoms with Crippen LogP contribution in [0.25, 0.3) is 0 Å². The Hall–Kier alpha value is -1.49. The number of hydrogen-bond acceptors (Lipinski definition) is 3. The van der Waals surface area contributed by atoms with Crippen LogP contribution in [0.2, 0.25) is 18.1 Å². The standard InChI is InChI=1S/C14H22O4Si/c1-14(2,3)19(5,6)18-12-9-10(17-4)7-8-11(12)13(15)16/h7-9H,1-6H3,(H,15,16). The molecular formula is C14H22O4Si. The van der Waals surface area contributed by atoms with Crippen LogP contribution in [0.3, 0.4) is 0 Å².